The van der Waals surface area contributed by atoms with Crippen LogP contribution in [0.5, 0.6) is 0 Å². The third kappa shape index (κ3) is 3.68. The number of hydrogen-bond donors (Lipinski definition) is 0. The molecule has 0 aromatic heterocycles. The molecule has 2 aromatic rings. The predicted molar refractivity (Wildman–Crippen MR) is 134 cm³/mol. The van der Waals surface area contributed by atoms with Crippen LogP contribution in [0.4, 0.5) is 11.4 Å². The number of hydrogen-bond acceptors (Lipinski definition) is 5. The zero-order valence-corrected chi connectivity index (χ0v) is 20.0. The van der Waals surface area contributed by atoms with Crippen LogP contribution in [0.3, 0.4) is 0 Å². The molecule has 7 heteroatoms. The van der Waals surface area contributed by atoms with Gasteiger partial charge in [0.05, 0.1) is 10.9 Å². The maximum absolute atomic E-state index is 13.6. The lowest BCUT2D eigenvalue weighted by atomic mass is 10.00. The van der Waals surface area contributed by atoms with Crippen molar-refractivity contribution in [3.05, 3.63) is 59.7 Å². The molecule has 0 aliphatic carbocycles. The summed E-state index contributed by atoms with van der Waals surface area (Å²) in [7, 11) is 0. The van der Waals surface area contributed by atoms with E-state index in [0.29, 0.717) is 24.0 Å². The van der Waals surface area contributed by atoms with Gasteiger partial charge in [-0.25, -0.2) is 9.89 Å². The summed E-state index contributed by atoms with van der Waals surface area (Å²) >= 11 is 1.38. The second kappa shape index (κ2) is 8.78. The fourth-order valence-electron chi connectivity index (χ4n) is 4.62. The third-order valence-electron chi connectivity index (χ3n) is 6.73. The van der Waals surface area contributed by atoms with Crippen LogP contribution in [-0.2, 0) is 16.0 Å². The van der Waals surface area contributed by atoms with Crippen molar-refractivity contribution in [1.82, 2.24) is 4.90 Å². The van der Waals surface area contributed by atoms with E-state index in [0.717, 1.165) is 29.8 Å². The quantitative estimate of drug-likeness (QED) is 0.644. The summed E-state index contributed by atoms with van der Waals surface area (Å²) in [4.78, 5) is 40.2. The molecule has 2 aromatic carbocycles. The molecule has 2 amide bonds. The Kier molecular flexibility index (Phi) is 5.83. The van der Waals surface area contributed by atoms with Crippen molar-refractivity contribution in [3.63, 3.8) is 0 Å². The van der Waals surface area contributed by atoms with Gasteiger partial charge in [-0.1, -0.05) is 69.3 Å². The molecule has 0 saturated carbocycles. The Morgan fingerprint density at radius 1 is 1.12 bits per heavy atom. The van der Waals surface area contributed by atoms with Gasteiger partial charge in [0.1, 0.15) is 11.9 Å². The van der Waals surface area contributed by atoms with Crippen LogP contribution in [0.1, 0.15) is 44.7 Å². The van der Waals surface area contributed by atoms with Gasteiger partial charge in [0.15, 0.2) is 5.17 Å². The highest BCUT2D eigenvalue weighted by Gasteiger charge is 2.44. The molecule has 0 spiro atoms. The lowest BCUT2D eigenvalue weighted by molar-refractivity contribution is -0.125. The minimum Gasteiger partial charge on any atom is -0.311 e. The average Bonchev–Trinajstić information content (AvgIpc) is 3.43. The number of anilines is 1. The first-order valence-corrected chi connectivity index (χ1v) is 12.6. The number of rotatable bonds is 5. The Morgan fingerprint density at radius 3 is 2.67 bits per heavy atom. The number of para-hydroxylation sites is 2. The van der Waals surface area contributed by atoms with Crippen LogP contribution in [0, 0.1) is 5.92 Å². The van der Waals surface area contributed by atoms with Crippen molar-refractivity contribution in [3.8, 4) is 0 Å². The van der Waals surface area contributed by atoms with Crippen molar-refractivity contribution in [1.29, 1.82) is 0 Å². The van der Waals surface area contributed by atoms with Crippen LogP contribution in [-0.4, -0.2) is 45.6 Å². The van der Waals surface area contributed by atoms with E-state index in [-0.39, 0.29) is 23.0 Å². The van der Waals surface area contributed by atoms with Gasteiger partial charge in [-0.2, -0.15) is 0 Å². The molecule has 5 rings (SSSR count). The van der Waals surface area contributed by atoms with Crippen LogP contribution < -0.4 is 4.90 Å². The number of benzene rings is 2. The van der Waals surface area contributed by atoms with E-state index in [2.05, 4.69) is 19.9 Å². The smallest absolute Gasteiger partial charge is 0.259 e. The molecule has 3 atom stereocenters. The first kappa shape index (κ1) is 21.9. The minimum atomic E-state index is -0.414. The van der Waals surface area contributed by atoms with E-state index in [9.17, 15) is 9.59 Å². The van der Waals surface area contributed by atoms with Crippen molar-refractivity contribution in [2.75, 3.05) is 11.4 Å². The van der Waals surface area contributed by atoms with Gasteiger partial charge in [0.2, 0.25) is 5.91 Å². The van der Waals surface area contributed by atoms with Gasteiger partial charge in [0.25, 0.3) is 5.91 Å². The molecule has 0 radical (unpaired) electrons. The van der Waals surface area contributed by atoms with Crippen molar-refractivity contribution in [2.45, 2.75) is 51.3 Å². The van der Waals surface area contributed by atoms with E-state index >= 15 is 0 Å². The largest absolute Gasteiger partial charge is 0.311 e. The van der Waals surface area contributed by atoms with E-state index in [4.69, 9.17) is 9.98 Å². The second-order valence-corrected chi connectivity index (χ2v) is 9.92. The fourth-order valence-corrected chi connectivity index (χ4v) is 5.70. The molecule has 0 N–H and O–H groups in total. The Morgan fingerprint density at radius 2 is 1.88 bits per heavy atom. The van der Waals surface area contributed by atoms with E-state index in [1.54, 1.807) is 4.90 Å². The normalized spacial score (nSPS) is 20.6. The maximum Gasteiger partial charge on any atom is 0.259 e. The fraction of sp³-hybridized carbons (Fsp3) is 0.385. The molecule has 0 unspecified atom stereocenters. The number of amidine groups is 2. The van der Waals surface area contributed by atoms with Crippen LogP contribution >= 0.6 is 11.8 Å². The van der Waals surface area contributed by atoms with Crippen molar-refractivity contribution in [2.24, 2.45) is 15.9 Å². The number of amides is 2. The molecule has 0 fully saturated rings. The van der Waals surface area contributed by atoms with Gasteiger partial charge < -0.3 is 4.90 Å². The number of nitrogens with zero attached hydrogens (tertiary/aromatic N) is 4. The number of aliphatic imine (C=N–C) groups is 2. The number of carbonyl (C=O) groups excluding carboxylic acids is 2. The molecule has 3 heterocycles. The van der Waals surface area contributed by atoms with Gasteiger partial charge in [0, 0.05) is 17.8 Å². The van der Waals surface area contributed by atoms with Crippen LogP contribution in [0.15, 0.2) is 58.5 Å². The molecule has 33 heavy (non-hydrogen) atoms. The van der Waals surface area contributed by atoms with E-state index < -0.39 is 6.04 Å². The summed E-state index contributed by atoms with van der Waals surface area (Å²) in [5.41, 5.74) is 3.86. The van der Waals surface area contributed by atoms with Gasteiger partial charge >= 0.3 is 0 Å². The van der Waals surface area contributed by atoms with Crippen LogP contribution in [0.2, 0.25) is 0 Å². The molecular formula is C26H28N4O2S. The summed E-state index contributed by atoms with van der Waals surface area (Å²) < 4.78 is 0. The van der Waals surface area contributed by atoms with E-state index in [1.165, 1.54) is 17.3 Å². The third-order valence-corrected chi connectivity index (χ3v) is 8.03. The summed E-state index contributed by atoms with van der Waals surface area (Å²) in [5, 5.41) is 0.216. The Hall–Kier alpha value is -2.93. The van der Waals surface area contributed by atoms with Crippen LogP contribution in [0.25, 0.3) is 0 Å². The first-order valence-electron chi connectivity index (χ1n) is 11.7. The Labute approximate surface area is 198 Å². The summed E-state index contributed by atoms with van der Waals surface area (Å²) in [5.74, 6) is 0.817. The maximum atomic E-state index is 13.6. The van der Waals surface area contributed by atoms with Gasteiger partial charge in [-0.15, -0.1) is 0 Å². The van der Waals surface area contributed by atoms with Crippen molar-refractivity contribution < 1.29 is 9.59 Å². The second-order valence-electron chi connectivity index (χ2n) is 8.75. The molecule has 0 saturated heterocycles. The van der Waals surface area contributed by atoms with Gasteiger partial charge in [-0.3, -0.25) is 14.6 Å². The topological polar surface area (TPSA) is 65.3 Å². The standard InChI is InChI=1S/C26H28N4O2S/c1-4-16(3)22-25(32)30-23(28-22)18-11-7-8-12-19(18)27-26(30)33-21(5-2)24(31)29-15-14-17-10-6-9-13-20(17)29/h6-13,16,21-22H,4-5,14-15H2,1-3H3/t16-,21-,22+/m0/s1. The van der Waals surface area contributed by atoms with Gasteiger partial charge in [-0.05, 0) is 42.5 Å². The molecule has 170 valence electrons. The molecule has 3 aliphatic heterocycles. The summed E-state index contributed by atoms with van der Waals surface area (Å²) in [6.45, 7) is 6.84. The number of fused-ring (bicyclic) bond motifs is 4. The molecular weight excluding hydrogens is 432 g/mol. The highest BCUT2D eigenvalue weighted by atomic mass is 32.2. The first-order chi connectivity index (χ1) is 16.0. The monoisotopic (exact) mass is 460 g/mol. The Bertz CT molecular complexity index is 1170. The average molecular weight is 461 g/mol. The molecule has 0 bridgehead atoms. The Balaban J connectivity index is 1.47. The lowest BCUT2D eigenvalue weighted by Crippen LogP contribution is -2.44. The zero-order valence-electron chi connectivity index (χ0n) is 19.2. The summed E-state index contributed by atoms with van der Waals surface area (Å²) in [6, 6.07) is 15.4. The minimum absolute atomic E-state index is 0.0473. The number of thioether (sulfide) groups is 1. The molecule has 3 aliphatic rings. The van der Waals surface area contributed by atoms with E-state index in [1.807, 2.05) is 54.3 Å². The lowest BCUT2D eigenvalue weighted by Gasteiger charge is -2.29. The SMILES string of the molecule is CC[C@H](SC1=Nc2ccccc2C2=N[C@H]([C@@H](C)CC)C(=O)N12)C(=O)N1CCc2ccccc21. The highest BCUT2D eigenvalue weighted by molar-refractivity contribution is 8.15. The predicted octanol–water partition coefficient (Wildman–Crippen LogP) is 4.79. The summed E-state index contributed by atoms with van der Waals surface area (Å²) in [6.07, 6.45) is 2.38. The molecule has 6 nitrogen and oxygen atoms in total. The highest BCUT2D eigenvalue weighted by Crippen LogP contribution is 2.38. The number of carbonyl (C=O) groups is 2. The zero-order chi connectivity index (χ0) is 23.1. The van der Waals surface area contributed by atoms with Crippen molar-refractivity contribution >= 4 is 46.0 Å².